The molecule has 1 aliphatic rings. The Morgan fingerprint density at radius 3 is 2.50 bits per heavy atom. The van der Waals surface area contributed by atoms with E-state index in [9.17, 15) is 8.42 Å². The molecule has 1 saturated heterocycles. The highest BCUT2D eigenvalue weighted by Crippen LogP contribution is 2.24. The Morgan fingerprint density at radius 2 is 1.92 bits per heavy atom. The molecular formula is C17H19N5O3S. The van der Waals surface area contributed by atoms with Crippen LogP contribution in [-0.2, 0) is 10.0 Å². The minimum absolute atomic E-state index is 0.173. The topological polar surface area (TPSA) is 99.4 Å². The average Bonchev–Trinajstić information content (AvgIpc) is 3.11. The molecule has 0 spiro atoms. The quantitative estimate of drug-likeness (QED) is 0.778. The van der Waals surface area contributed by atoms with Gasteiger partial charge in [0.05, 0.1) is 23.1 Å². The molecule has 0 bridgehead atoms. The van der Waals surface area contributed by atoms with Gasteiger partial charge in [0.1, 0.15) is 6.10 Å². The van der Waals surface area contributed by atoms with Crippen molar-refractivity contribution < 1.29 is 13.2 Å². The minimum Gasteiger partial charge on any atom is -0.472 e. The van der Waals surface area contributed by atoms with Crippen molar-refractivity contribution in [2.24, 2.45) is 0 Å². The molecule has 1 atom stereocenters. The molecule has 1 aromatic carbocycles. The number of anilines is 1. The van der Waals surface area contributed by atoms with Crippen molar-refractivity contribution in [3.63, 3.8) is 0 Å². The largest absolute Gasteiger partial charge is 0.472 e. The molecule has 0 saturated carbocycles. The second-order valence-corrected chi connectivity index (χ2v) is 8.09. The van der Waals surface area contributed by atoms with Crippen LogP contribution in [0, 0.1) is 11.3 Å². The van der Waals surface area contributed by atoms with Gasteiger partial charge in [-0.2, -0.15) is 9.57 Å². The van der Waals surface area contributed by atoms with Crippen LogP contribution in [0.3, 0.4) is 0 Å². The first-order chi connectivity index (χ1) is 12.4. The number of benzene rings is 1. The van der Waals surface area contributed by atoms with Gasteiger partial charge in [-0.25, -0.2) is 8.42 Å². The normalized spacial score (nSPS) is 17.7. The highest BCUT2D eigenvalue weighted by molar-refractivity contribution is 7.89. The zero-order valence-corrected chi connectivity index (χ0v) is 15.3. The number of sulfonamides is 1. The van der Waals surface area contributed by atoms with E-state index in [-0.39, 0.29) is 17.5 Å². The van der Waals surface area contributed by atoms with Crippen molar-refractivity contribution in [1.29, 1.82) is 5.26 Å². The Bertz CT molecular complexity index is 905. The number of nitrogens with zero attached hydrogens (tertiary/aromatic N) is 5. The van der Waals surface area contributed by atoms with Gasteiger partial charge in [0.25, 0.3) is 0 Å². The van der Waals surface area contributed by atoms with Crippen molar-refractivity contribution in [2.45, 2.75) is 17.4 Å². The Balaban J connectivity index is 1.66. The van der Waals surface area contributed by atoms with Crippen molar-refractivity contribution in [3.05, 3.63) is 42.0 Å². The van der Waals surface area contributed by atoms with Crippen LogP contribution < -0.4 is 9.64 Å². The van der Waals surface area contributed by atoms with Gasteiger partial charge < -0.3 is 9.64 Å². The van der Waals surface area contributed by atoms with E-state index < -0.39 is 10.0 Å². The molecule has 2 aromatic rings. The highest BCUT2D eigenvalue weighted by atomic mass is 32.2. The summed E-state index contributed by atoms with van der Waals surface area (Å²) in [6.45, 7) is 0.621. The maximum atomic E-state index is 12.7. The fourth-order valence-electron chi connectivity index (χ4n) is 2.65. The summed E-state index contributed by atoms with van der Waals surface area (Å²) in [5.41, 5.74) is 0.423. The van der Waals surface area contributed by atoms with Gasteiger partial charge >= 0.3 is 0 Å². The summed E-state index contributed by atoms with van der Waals surface area (Å²) in [6.07, 6.45) is 0.301. The molecule has 0 radical (unpaired) electrons. The summed E-state index contributed by atoms with van der Waals surface area (Å²) in [6, 6.07) is 11.4. The van der Waals surface area contributed by atoms with Gasteiger partial charge in [-0.15, -0.1) is 10.2 Å². The predicted octanol–water partition coefficient (Wildman–Crippen LogP) is 1.26. The third-order valence-corrected chi connectivity index (χ3v) is 5.98. The van der Waals surface area contributed by atoms with E-state index in [0.29, 0.717) is 30.2 Å². The van der Waals surface area contributed by atoms with Gasteiger partial charge in [0, 0.05) is 26.7 Å². The highest BCUT2D eigenvalue weighted by Gasteiger charge is 2.33. The second kappa shape index (κ2) is 7.27. The van der Waals surface area contributed by atoms with Gasteiger partial charge in [-0.1, -0.05) is 0 Å². The second-order valence-electron chi connectivity index (χ2n) is 6.15. The molecule has 26 heavy (non-hydrogen) atoms. The van der Waals surface area contributed by atoms with Crippen molar-refractivity contribution in [1.82, 2.24) is 14.5 Å². The summed E-state index contributed by atoms with van der Waals surface area (Å²) in [5.74, 6) is 1.09. The molecule has 1 aromatic heterocycles. The van der Waals surface area contributed by atoms with Gasteiger partial charge in [-0.05, 0) is 36.8 Å². The molecule has 1 unspecified atom stereocenters. The van der Waals surface area contributed by atoms with Crippen LogP contribution in [0.1, 0.15) is 12.0 Å². The van der Waals surface area contributed by atoms with Crippen molar-refractivity contribution in [3.8, 4) is 11.9 Å². The first-order valence-electron chi connectivity index (χ1n) is 8.08. The van der Waals surface area contributed by atoms with E-state index in [0.717, 1.165) is 0 Å². The summed E-state index contributed by atoms with van der Waals surface area (Å²) in [7, 11) is 0.131. The van der Waals surface area contributed by atoms with Crippen LogP contribution in [0.4, 0.5) is 5.82 Å². The van der Waals surface area contributed by atoms with Crippen LogP contribution in [0.5, 0.6) is 5.88 Å². The number of hydrogen-bond donors (Lipinski definition) is 0. The number of ether oxygens (including phenoxy) is 1. The molecule has 9 heteroatoms. The lowest BCUT2D eigenvalue weighted by atomic mass is 10.2. The molecule has 1 aliphatic heterocycles. The first-order valence-corrected chi connectivity index (χ1v) is 9.52. The van der Waals surface area contributed by atoms with Crippen molar-refractivity contribution >= 4 is 15.8 Å². The molecule has 3 rings (SSSR count). The third-order valence-electron chi connectivity index (χ3n) is 4.10. The van der Waals surface area contributed by atoms with E-state index in [1.165, 1.54) is 28.6 Å². The lowest BCUT2D eigenvalue weighted by Gasteiger charge is -2.17. The average molecular weight is 373 g/mol. The molecule has 2 heterocycles. The zero-order chi connectivity index (χ0) is 18.7. The first kappa shape index (κ1) is 18.1. The van der Waals surface area contributed by atoms with Crippen LogP contribution in [0.15, 0.2) is 41.3 Å². The van der Waals surface area contributed by atoms with E-state index in [4.69, 9.17) is 10.00 Å². The summed E-state index contributed by atoms with van der Waals surface area (Å²) < 4.78 is 32.6. The lowest BCUT2D eigenvalue weighted by molar-refractivity contribution is 0.204. The van der Waals surface area contributed by atoms with Crippen LogP contribution >= 0.6 is 0 Å². The van der Waals surface area contributed by atoms with E-state index >= 15 is 0 Å². The predicted molar refractivity (Wildman–Crippen MR) is 95.3 cm³/mol. The van der Waals surface area contributed by atoms with Gasteiger partial charge in [0.15, 0.2) is 5.82 Å². The smallest absolute Gasteiger partial charge is 0.243 e. The molecule has 136 valence electrons. The fraction of sp³-hybridized carbons (Fsp3) is 0.353. The molecule has 8 nitrogen and oxygen atoms in total. The molecule has 0 aliphatic carbocycles. The van der Waals surface area contributed by atoms with E-state index in [1.807, 2.05) is 25.1 Å². The Morgan fingerprint density at radius 1 is 1.19 bits per heavy atom. The number of nitriles is 1. The summed E-state index contributed by atoms with van der Waals surface area (Å²) >= 11 is 0. The molecular weight excluding hydrogens is 354 g/mol. The number of hydrogen-bond acceptors (Lipinski definition) is 7. The maximum Gasteiger partial charge on any atom is 0.243 e. The summed E-state index contributed by atoms with van der Waals surface area (Å²) in [4.78, 5) is 2.00. The van der Waals surface area contributed by atoms with E-state index in [2.05, 4.69) is 10.2 Å². The SMILES string of the molecule is CN(C)c1ccc(OC2CCN(S(=O)(=O)c3ccc(C#N)cc3)C2)nn1. The van der Waals surface area contributed by atoms with Crippen LogP contribution in [0.25, 0.3) is 0 Å². The molecule has 0 amide bonds. The van der Waals surface area contributed by atoms with Crippen molar-refractivity contribution in [2.75, 3.05) is 32.1 Å². The van der Waals surface area contributed by atoms with Gasteiger partial charge in [-0.3, -0.25) is 0 Å². The monoisotopic (exact) mass is 373 g/mol. The Labute approximate surface area is 152 Å². The Hall–Kier alpha value is -2.70. The number of aromatic nitrogens is 2. The Kier molecular flexibility index (Phi) is 5.06. The van der Waals surface area contributed by atoms with Crippen LogP contribution in [0.2, 0.25) is 0 Å². The minimum atomic E-state index is -3.61. The van der Waals surface area contributed by atoms with E-state index in [1.54, 1.807) is 12.1 Å². The summed E-state index contributed by atoms with van der Waals surface area (Å²) in [5, 5.41) is 16.9. The zero-order valence-electron chi connectivity index (χ0n) is 14.5. The molecule has 1 fully saturated rings. The molecule has 0 N–H and O–H groups in total. The third kappa shape index (κ3) is 3.76. The lowest BCUT2D eigenvalue weighted by Crippen LogP contribution is -2.31. The van der Waals surface area contributed by atoms with Gasteiger partial charge in [0.2, 0.25) is 15.9 Å². The van der Waals surface area contributed by atoms with Crippen LogP contribution in [-0.4, -0.2) is 56.2 Å². The standard InChI is InChI=1S/C17H19N5O3S/c1-21(2)16-7-8-17(20-19-16)25-14-9-10-22(12-14)26(23,24)15-5-3-13(11-18)4-6-15/h3-8,14H,9-10,12H2,1-2H3. The maximum absolute atomic E-state index is 12.7. The fourth-order valence-corrected chi connectivity index (χ4v) is 4.13. The number of rotatable bonds is 5.